The summed E-state index contributed by atoms with van der Waals surface area (Å²) in [6, 6.07) is 0. The highest BCUT2D eigenvalue weighted by atomic mass is 19.3. The molecule has 2 atom stereocenters. The minimum atomic E-state index is -2.22. The second-order valence-electron chi connectivity index (χ2n) is 6.47. The highest BCUT2D eigenvalue weighted by Crippen LogP contribution is 2.43. The Hall–Kier alpha value is -0.870. The third kappa shape index (κ3) is 2.93. The number of amides is 1. The molecule has 104 valence electrons. The largest absolute Gasteiger partial charge is 0.444 e. The quantitative estimate of drug-likeness (QED) is 0.725. The van der Waals surface area contributed by atoms with E-state index in [9.17, 15) is 13.6 Å². The number of rotatable bonds is 1. The molecule has 0 N–H and O–H groups in total. The molecule has 1 aliphatic heterocycles. The van der Waals surface area contributed by atoms with Gasteiger partial charge in [0, 0.05) is 19.0 Å². The fourth-order valence-corrected chi connectivity index (χ4v) is 3.03. The van der Waals surface area contributed by atoms with Crippen LogP contribution in [0.5, 0.6) is 0 Å². The number of nitrogens with zero attached hydrogens (tertiary/aromatic N) is 1. The number of likely N-dealkylation sites (tertiary alicyclic amines) is 1. The van der Waals surface area contributed by atoms with Gasteiger partial charge in [0.1, 0.15) is 5.60 Å². The van der Waals surface area contributed by atoms with Gasteiger partial charge in [-0.2, -0.15) is 0 Å². The summed E-state index contributed by atoms with van der Waals surface area (Å²) in [6.07, 6.45) is -1.44. The Labute approximate surface area is 106 Å². The molecule has 1 heterocycles. The predicted octanol–water partition coefficient (Wildman–Crippen LogP) is 3.14. The molecule has 0 radical (unpaired) electrons. The molecule has 0 aromatic rings. The molecule has 5 heteroatoms. The van der Waals surface area contributed by atoms with Crippen molar-refractivity contribution in [2.45, 2.75) is 45.6 Å². The first kappa shape index (κ1) is 13.6. The SMILES string of the molecule is CC(C)(C)OC(=O)N1CC2CC(C(F)F)CC2C1. The molecule has 3 nitrogen and oxygen atoms in total. The topological polar surface area (TPSA) is 29.5 Å². The van der Waals surface area contributed by atoms with Crippen LogP contribution in [0.1, 0.15) is 33.6 Å². The van der Waals surface area contributed by atoms with Crippen LogP contribution < -0.4 is 0 Å². The fourth-order valence-electron chi connectivity index (χ4n) is 3.03. The van der Waals surface area contributed by atoms with Crippen LogP contribution in [0.2, 0.25) is 0 Å². The molecule has 1 saturated carbocycles. The molecule has 1 amide bonds. The van der Waals surface area contributed by atoms with Gasteiger partial charge in [-0.3, -0.25) is 0 Å². The lowest BCUT2D eigenvalue weighted by Gasteiger charge is -2.25. The van der Waals surface area contributed by atoms with Crippen LogP contribution in [0.3, 0.4) is 0 Å². The van der Waals surface area contributed by atoms with Crippen molar-refractivity contribution in [3.8, 4) is 0 Å². The van der Waals surface area contributed by atoms with Crippen LogP contribution in [0.25, 0.3) is 0 Å². The first-order valence-electron chi connectivity index (χ1n) is 6.52. The lowest BCUT2D eigenvalue weighted by molar-refractivity contribution is 0.0262. The first-order chi connectivity index (χ1) is 8.26. The maximum atomic E-state index is 12.6. The average molecular weight is 261 g/mol. The van der Waals surface area contributed by atoms with Gasteiger partial charge in [-0.15, -0.1) is 0 Å². The second kappa shape index (κ2) is 4.67. The van der Waals surface area contributed by atoms with Crippen molar-refractivity contribution in [3.63, 3.8) is 0 Å². The van der Waals surface area contributed by atoms with Crippen molar-refractivity contribution >= 4 is 6.09 Å². The number of hydrogen-bond acceptors (Lipinski definition) is 2. The maximum Gasteiger partial charge on any atom is 0.410 e. The fraction of sp³-hybridized carbons (Fsp3) is 0.923. The molecule has 2 aliphatic rings. The van der Waals surface area contributed by atoms with Gasteiger partial charge >= 0.3 is 6.09 Å². The van der Waals surface area contributed by atoms with E-state index in [1.165, 1.54) is 0 Å². The molecular formula is C13H21F2NO2. The summed E-state index contributed by atoms with van der Waals surface area (Å²) in [6.45, 7) is 6.63. The Bertz CT molecular complexity index is 313. The van der Waals surface area contributed by atoms with Crippen molar-refractivity contribution in [1.29, 1.82) is 0 Å². The Morgan fingerprint density at radius 2 is 1.72 bits per heavy atom. The number of halogens is 2. The normalized spacial score (nSPS) is 31.9. The smallest absolute Gasteiger partial charge is 0.410 e. The summed E-state index contributed by atoms with van der Waals surface area (Å²) in [7, 11) is 0. The number of ether oxygens (including phenoxy) is 1. The van der Waals surface area contributed by atoms with E-state index in [-0.39, 0.29) is 17.9 Å². The van der Waals surface area contributed by atoms with Crippen LogP contribution in [0.15, 0.2) is 0 Å². The van der Waals surface area contributed by atoms with Crippen molar-refractivity contribution in [2.75, 3.05) is 13.1 Å². The van der Waals surface area contributed by atoms with E-state index < -0.39 is 17.9 Å². The summed E-state index contributed by atoms with van der Waals surface area (Å²) in [5.74, 6) is -0.00572. The van der Waals surface area contributed by atoms with E-state index >= 15 is 0 Å². The highest BCUT2D eigenvalue weighted by Gasteiger charge is 2.45. The highest BCUT2D eigenvalue weighted by molar-refractivity contribution is 5.68. The van der Waals surface area contributed by atoms with Crippen molar-refractivity contribution in [3.05, 3.63) is 0 Å². The Balaban J connectivity index is 1.87. The van der Waals surface area contributed by atoms with Crippen molar-refractivity contribution in [1.82, 2.24) is 4.90 Å². The molecule has 1 saturated heterocycles. The van der Waals surface area contributed by atoms with Crippen LogP contribution in [-0.2, 0) is 4.74 Å². The molecular weight excluding hydrogens is 240 g/mol. The number of fused-ring (bicyclic) bond motifs is 1. The van der Waals surface area contributed by atoms with Crippen molar-refractivity contribution in [2.24, 2.45) is 17.8 Å². The maximum absolute atomic E-state index is 12.6. The molecule has 0 aromatic heterocycles. The Morgan fingerprint density at radius 3 is 2.11 bits per heavy atom. The van der Waals surface area contributed by atoms with Gasteiger partial charge in [0.05, 0.1) is 0 Å². The zero-order chi connectivity index (χ0) is 13.5. The lowest BCUT2D eigenvalue weighted by atomic mass is 10.0. The lowest BCUT2D eigenvalue weighted by Crippen LogP contribution is -2.36. The third-order valence-electron chi connectivity index (χ3n) is 3.80. The minimum Gasteiger partial charge on any atom is -0.444 e. The summed E-state index contributed by atoms with van der Waals surface area (Å²) in [4.78, 5) is 13.5. The van der Waals surface area contributed by atoms with Gasteiger partial charge in [-0.05, 0) is 45.4 Å². The Kier molecular flexibility index (Phi) is 3.52. The molecule has 2 fully saturated rings. The molecule has 18 heavy (non-hydrogen) atoms. The third-order valence-corrected chi connectivity index (χ3v) is 3.80. The molecule has 0 bridgehead atoms. The van der Waals surface area contributed by atoms with Gasteiger partial charge in [-0.1, -0.05) is 0 Å². The number of alkyl halides is 2. The van der Waals surface area contributed by atoms with Gasteiger partial charge in [0.2, 0.25) is 6.43 Å². The van der Waals surface area contributed by atoms with E-state index in [1.54, 1.807) is 4.90 Å². The molecule has 2 rings (SSSR count). The zero-order valence-electron chi connectivity index (χ0n) is 11.2. The van der Waals surface area contributed by atoms with Gasteiger partial charge in [0.15, 0.2) is 0 Å². The van der Waals surface area contributed by atoms with Crippen LogP contribution in [0, 0.1) is 17.8 Å². The minimum absolute atomic E-state index is 0.233. The van der Waals surface area contributed by atoms with E-state index in [1.807, 2.05) is 20.8 Å². The van der Waals surface area contributed by atoms with Gasteiger partial charge < -0.3 is 9.64 Å². The molecule has 0 spiro atoms. The standard InChI is InChI=1S/C13H21F2NO2/c1-13(2,3)18-12(17)16-6-9-4-8(11(14)15)5-10(9)7-16/h8-11H,4-7H2,1-3H3. The van der Waals surface area contributed by atoms with Crippen molar-refractivity contribution < 1.29 is 18.3 Å². The van der Waals surface area contributed by atoms with E-state index in [2.05, 4.69) is 0 Å². The second-order valence-corrected chi connectivity index (χ2v) is 6.47. The number of carbonyl (C=O) groups is 1. The number of carbonyl (C=O) groups excluding carboxylic acids is 1. The van der Waals surface area contributed by atoms with E-state index in [4.69, 9.17) is 4.74 Å². The summed E-state index contributed by atoms with van der Waals surface area (Å²) < 4.78 is 30.5. The van der Waals surface area contributed by atoms with Crippen LogP contribution >= 0.6 is 0 Å². The Morgan fingerprint density at radius 1 is 1.22 bits per heavy atom. The predicted molar refractivity (Wildman–Crippen MR) is 63.5 cm³/mol. The summed E-state index contributed by atoms with van der Waals surface area (Å²) in [5.41, 5.74) is -0.500. The zero-order valence-corrected chi connectivity index (χ0v) is 11.2. The molecule has 1 aliphatic carbocycles. The van der Waals surface area contributed by atoms with Gasteiger partial charge in [-0.25, -0.2) is 13.6 Å². The summed E-state index contributed by atoms with van der Waals surface area (Å²) in [5, 5.41) is 0. The molecule has 2 unspecified atom stereocenters. The summed E-state index contributed by atoms with van der Waals surface area (Å²) >= 11 is 0. The first-order valence-corrected chi connectivity index (χ1v) is 6.52. The monoisotopic (exact) mass is 261 g/mol. The molecule has 0 aromatic carbocycles. The number of hydrogen-bond donors (Lipinski definition) is 0. The van der Waals surface area contributed by atoms with Crippen LogP contribution in [0.4, 0.5) is 13.6 Å². The average Bonchev–Trinajstić information content (AvgIpc) is 2.69. The van der Waals surface area contributed by atoms with Gasteiger partial charge in [0.25, 0.3) is 0 Å². The van der Waals surface area contributed by atoms with E-state index in [0.29, 0.717) is 25.9 Å². The van der Waals surface area contributed by atoms with E-state index in [0.717, 1.165) is 0 Å². The van der Waals surface area contributed by atoms with Crippen LogP contribution in [-0.4, -0.2) is 36.1 Å².